The smallest absolute Gasteiger partial charge is 0.146 e. The number of pyridine rings is 1. The van der Waals surface area contributed by atoms with Gasteiger partial charge in [-0.3, -0.25) is 0 Å². The van der Waals surface area contributed by atoms with E-state index >= 15 is 0 Å². The van der Waals surface area contributed by atoms with Gasteiger partial charge in [0.15, 0.2) is 0 Å². The molecular formula is C16H12ClNO. The fourth-order valence-corrected chi connectivity index (χ4v) is 2.20. The van der Waals surface area contributed by atoms with Gasteiger partial charge < -0.3 is 4.74 Å². The highest BCUT2D eigenvalue weighted by Gasteiger charge is 2.06. The van der Waals surface area contributed by atoms with E-state index in [4.69, 9.17) is 16.3 Å². The van der Waals surface area contributed by atoms with Gasteiger partial charge in [-0.2, -0.15) is 0 Å². The van der Waals surface area contributed by atoms with Crippen molar-refractivity contribution in [1.29, 1.82) is 0 Å². The Bertz CT molecular complexity index is 697. The van der Waals surface area contributed by atoms with Crippen LogP contribution < -0.4 is 4.74 Å². The molecule has 3 aromatic rings. The zero-order chi connectivity index (χ0) is 13.1. The van der Waals surface area contributed by atoms with E-state index in [-0.39, 0.29) is 0 Å². The Balaban J connectivity index is 1.91. The molecule has 94 valence electrons. The van der Waals surface area contributed by atoms with Crippen molar-refractivity contribution in [1.82, 2.24) is 4.98 Å². The molecule has 0 saturated heterocycles. The van der Waals surface area contributed by atoms with Crippen LogP contribution in [0, 0.1) is 0 Å². The average Bonchev–Trinajstić information content (AvgIpc) is 2.48. The first kappa shape index (κ1) is 12.0. The molecule has 0 amide bonds. The third-order valence-corrected chi connectivity index (χ3v) is 3.25. The van der Waals surface area contributed by atoms with Crippen LogP contribution in [0.15, 0.2) is 60.8 Å². The van der Waals surface area contributed by atoms with Crippen LogP contribution in [-0.2, 0) is 6.61 Å². The topological polar surface area (TPSA) is 22.1 Å². The minimum Gasteiger partial charge on any atom is -0.487 e. The Morgan fingerprint density at radius 2 is 1.58 bits per heavy atom. The van der Waals surface area contributed by atoms with E-state index in [1.54, 1.807) is 6.20 Å². The quantitative estimate of drug-likeness (QED) is 0.655. The molecule has 1 heterocycles. The predicted octanol–water partition coefficient (Wildman–Crippen LogP) is 4.47. The highest BCUT2D eigenvalue weighted by atomic mass is 35.5. The van der Waals surface area contributed by atoms with Gasteiger partial charge in [-0.25, -0.2) is 4.98 Å². The first-order valence-electron chi connectivity index (χ1n) is 6.04. The molecule has 0 radical (unpaired) electrons. The summed E-state index contributed by atoms with van der Waals surface area (Å²) in [4.78, 5) is 4.16. The van der Waals surface area contributed by atoms with Gasteiger partial charge in [0.1, 0.15) is 17.5 Å². The number of fused-ring (bicyclic) bond motifs is 1. The molecular weight excluding hydrogens is 258 g/mol. The largest absolute Gasteiger partial charge is 0.487 e. The van der Waals surface area contributed by atoms with Crippen LogP contribution in [0.1, 0.15) is 5.56 Å². The number of hydrogen-bond donors (Lipinski definition) is 0. The molecule has 0 bridgehead atoms. The van der Waals surface area contributed by atoms with Crippen molar-refractivity contribution in [3.8, 4) is 5.75 Å². The van der Waals surface area contributed by atoms with E-state index in [0.717, 1.165) is 22.1 Å². The van der Waals surface area contributed by atoms with E-state index in [0.29, 0.717) is 11.8 Å². The van der Waals surface area contributed by atoms with E-state index in [1.807, 2.05) is 54.6 Å². The SMILES string of the molecule is Clc1ncc(OCc2ccccc2)c2ccccc12. The number of rotatable bonds is 3. The second-order valence-corrected chi connectivity index (χ2v) is 4.59. The standard InChI is InChI=1S/C16H12ClNO/c17-16-14-9-5-4-8-13(14)15(10-18-16)19-11-12-6-2-1-3-7-12/h1-10H,11H2. The van der Waals surface area contributed by atoms with Crippen LogP contribution in [-0.4, -0.2) is 4.98 Å². The highest BCUT2D eigenvalue weighted by molar-refractivity contribution is 6.34. The maximum absolute atomic E-state index is 6.08. The van der Waals surface area contributed by atoms with Crippen molar-refractivity contribution >= 4 is 22.4 Å². The number of halogens is 1. The first-order chi connectivity index (χ1) is 9.34. The van der Waals surface area contributed by atoms with Crippen LogP contribution >= 0.6 is 11.6 Å². The van der Waals surface area contributed by atoms with E-state index in [9.17, 15) is 0 Å². The van der Waals surface area contributed by atoms with E-state index < -0.39 is 0 Å². The first-order valence-corrected chi connectivity index (χ1v) is 6.42. The normalized spacial score (nSPS) is 10.6. The lowest BCUT2D eigenvalue weighted by molar-refractivity contribution is 0.309. The molecule has 0 fully saturated rings. The summed E-state index contributed by atoms with van der Waals surface area (Å²) in [6.07, 6.45) is 1.67. The summed E-state index contributed by atoms with van der Waals surface area (Å²) in [6, 6.07) is 17.9. The van der Waals surface area contributed by atoms with Gasteiger partial charge in [0.05, 0.1) is 6.20 Å². The van der Waals surface area contributed by atoms with Gasteiger partial charge in [0, 0.05) is 10.8 Å². The summed E-state index contributed by atoms with van der Waals surface area (Å²) in [5.74, 6) is 0.754. The Labute approximate surface area is 116 Å². The van der Waals surface area contributed by atoms with Crippen LogP contribution in [0.3, 0.4) is 0 Å². The van der Waals surface area contributed by atoms with Crippen LogP contribution in [0.5, 0.6) is 5.75 Å². The van der Waals surface area contributed by atoms with E-state index in [2.05, 4.69) is 4.98 Å². The zero-order valence-corrected chi connectivity index (χ0v) is 11.0. The summed E-state index contributed by atoms with van der Waals surface area (Å²) in [5.41, 5.74) is 1.13. The fraction of sp³-hybridized carbons (Fsp3) is 0.0625. The number of ether oxygens (including phenoxy) is 1. The van der Waals surface area contributed by atoms with Crippen molar-refractivity contribution in [2.75, 3.05) is 0 Å². The molecule has 0 aliphatic carbocycles. The molecule has 2 aromatic carbocycles. The lowest BCUT2D eigenvalue weighted by Crippen LogP contribution is -1.96. The van der Waals surface area contributed by atoms with Crippen molar-refractivity contribution in [3.05, 3.63) is 71.5 Å². The van der Waals surface area contributed by atoms with Gasteiger partial charge in [-0.1, -0.05) is 66.2 Å². The molecule has 19 heavy (non-hydrogen) atoms. The average molecular weight is 270 g/mol. The van der Waals surface area contributed by atoms with E-state index in [1.165, 1.54) is 0 Å². The second kappa shape index (κ2) is 5.29. The van der Waals surface area contributed by atoms with Gasteiger partial charge >= 0.3 is 0 Å². The second-order valence-electron chi connectivity index (χ2n) is 4.23. The molecule has 2 nitrogen and oxygen atoms in total. The molecule has 0 aliphatic heterocycles. The summed E-state index contributed by atoms with van der Waals surface area (Å²) in [5, 5.41) is 2.40. The number of aromatic nitrogens is 1. The minimum absolute atomic E-state index is 0.502. The molecule has 3 heteroatoms. The van der Waals surface area contributed by atoms with Crippen LogP contribution in [0.2, 0.25) is 5.15 Å². The molecule has 3 rings (SSSR count). The third-order valence-electron chi connectivity index (χ3n) is 2.95. The molecule has 0 spiro atoms. The number of hydrogen-bond acceptors (Lipinski definition) is 2. The Morgan fingerprint density at radius 3 is 2.37 bits per heavy atom. The molecule has 0 saturated carbocycles. The number of benzene rings is 2. The molecule has 0 aliphatic rings. The monoisotopic (exact) mass is 269 g/mol. The highest BCUT2D eigenvalue weighted by Crippen LogP contribution is 2.29. The van der Waals surface area contributed by atoms with Gasteiger partial charge in [-0.05, 0) is 5.56 Å². The summed E-state index contributed by atoms with van der Waals surface area (Å²) in [7, 11) is 0. The Morgan fingerprint density at radius 1 is 0.895 bits per heavy atom. The summed E-state index contributed by atoms with van der Waals surface area (Å²) >= 11 is 6.08. The van der Waals surface area contributed by atoms with Crippen LogP contribution in [0.4, 0.5) is 0 Å². The number of nitrogens with zero attached hydrogens (tertiary/aromatic N) is 1. The predicted molar refractivity (Wildman–Crippen MR) is 77.5 cm³/mol. The Kier molecular flexibility index (Phi) is 3.34. The van der Waals surface area contributed by atoms with Crippen molar-refractivity contribution in [2.45, 2.75) is 6.61 Å². The van der Waals surface area contributed by atoms with Crippen molar-refractivity contribution in [3.63, 3.8) is 0 Å². The summed E-state index contributed by atoms with van der Waals surface area (Å²) in [6.45, 7) is 0.522. The van der Waals surface area contributed by atoms with Crippen molar-refractivity contribution in [2.24, 2.45) is 0 Å². The van der Waals surface area contributed by atoms with Gasteiger partial charge in [0.2, 0.25) is 0 Å². The minimum atomic E-state index is 0.502. The lowest BCUT2D eigenvalue weighted by atomic mass is 10.1. The summed E-state index contributed by atoms with van der Waals surface area (Å²) < 4.78 is 5.84. The molecule has 1 aromatic heterocycles. The van der Waals surface area contributed by atoms with Gasteiger partial charge in [-0.15, -0.1) is 0 Å². The lowest BCUT2D eigenvalue weighted by Gasteiger charge is -2.09. The molecule has 0 atom stereocenters. The fourth-order valence-electron chi connectivity index (χ4n) is 1.98. The Hall–Kier alpha value is -2.06. The van der Waals surface area contributed by atoms with Crippen molar-refractivity contribution < 1.29 is 4.74 Å². The molecule has 0 unspecified atom stereocenters. The maximum Gasteiger partial charge on any atom is 0.146 e. The van der Waals surface area contributed by atoms with Crippen LogP contribution in [0.25, 0.3) is 10.8 Å². The maximum atomic E-state index is 6.08. The third kappa shape index (κ3) is 2.54. The zero-order valence-electron chi connectivity index (χ0n) is 10.2. The molecule has 0 N–H and O–H groups in total. The van der Waals surface area contributed by atoms with Gasteiger partial charge in [0.25, 0.3) is 0 Å².